The molecular weight excluding hydrogens is 364 g/mol. The first-order chi connectivity index (χ1) is 12.5. The summed E-state index contributed by atoms with van der Waals surface area (Å²) in [7, 11) is -0.796. The number of hydrogen-bond donors (Lipinski definition) is 1. The lowest BCUT2D eigenvalue weighted by atomic mass is 10.0. The van der Waals surface area contributed by atoms with Crippen LogP contribution in [0.5, 0.6) is 5.75 Å². The lowest BCUT2D eigenvalue weighted by Gasteiger charge is -2.21. The molecule has 8 heteroatoms. The fourth-order valence-corrected chi connectivity index (χ4v) is 4.13. The molecule has 5 nitrogen and oxygen atoms in total. The molecule has 0 aromatic heterocycles. The van der Waals surface area contributed by atoms with Crippen LogP contribution >= 0.6 is 0 Å². The van der Waals surface area contributed by atoms with Crippen molar-refractivity contribution in [2.24, 2.45) is 5.92 Å². The van der Waals surface area contributed by atoms with Gasteiger partial charge in [-0.05, 0) is 36.1 Å². The molecule has 1 heterocycles. The number of fused-ring (bicyclic) bond motifs is 3. The summed E-state index contributed by atoms with van der Waals surface area (Å²) in [6.07, 6.45) is 1.01. The average Bonchev–Trinajstić information content (AvgIpc) is 3.40. The highest BCUT2D eigenvalue weighted by molar-refractivity contribution is 7.86. The van der Waals surface area contributed by atoms with Gasteiger partial charge in [-0.2, -0.15) is 0 Å². The zero-order valence-electron chi connectivity index (χ0n) is 13.8. The third-order valence-corrected chi connectivity index (χ3v) is 5.77. The van der Waals surface area contributed by atoms with E-state index in [0.29, 0.717) is 30.3 Å². The molecule has 136 valence electrons. The van der Waals surface area contributed by atoms with Gasteiger partial charge in [0.2, 0.25) is 0 Å². The second kappa shape index (κ2) is 6.35. The van der Waals surface area contributed by atoms with E-state index in [1.807, 2.05) is 6.07 Å². The zero-order valence-corrected chi connectivity index (χ0v) is 14.6. The van der Waals surface area contributed by atoms with Crippen LogP contribution in [0, 0.1) is 17.6 Å². The number of halogens is 2. The lowest BCUT2D eigenvalue weighted by Crippen LogP contribution is -2.17. The summed E-state index contributed by atoms with van der Waals surface area (Å²) < 4.78 is 52.6. The van der Waals surface area contributed by atoms with Gasteiger partial charge in [-0.15, -0.1) is 0 Å². The van der Waals surface area contributed by atoms with Crippen molar-refractivity contribution in [2.45, 2.75) is 17.2 Å². The molecule has 0 radical (unpaired) electrons. The number of esters is 1. The summed E-state index contributed by atoms with van der Waals surface area (Å²) in [5.41, 5.74) is 1.26. The second-order valence-electron chi connectivity index (χ2n) is 6.26. The minimum Gasteiger partial charge on any atom is -0.492 e. The van der Waals surface area contributed by atoms with E-state index in [4.69, 9.17) is 9.47 Å². The van der Waals surface area contributed by atoms with Crippen LogP contribution in [0.25, 0.3) is 0 Å². The van der Waals surface area contributed by atoms with E-state index in [-0.39, 0.29) is 16.1 Å². The number of carbonyl (C=O) groups is 1. The largest absolute Gasteiger partial charge is 0.492 e. The Kier molecular flexibility index (Phi) is 4.14. The number of hydrogen-bond acceptors (Lipinski definition) is 4. The molecule has 0 spiro atoms. The van der Waals surface area contributed by atoms with Crippen molar-refractivity contribution in [1.29, 1.82) is 0 Å². The van der Waals surface area contributed by atoms with E-state index < -0.39 is 28.6 Å². The van der Waals surface area contributed by atoms with Gasteiger partial charge >= 0.3 is 5.97 Å². The summed E-state index contributed by atoms with van der Waals surface area (Å²) in [4.78, 5) is 12.1. The number of nitrogens with one attached hydrogen (secondary N) is 1. The van der Waals surface area contributed by atoms with Crippen molar-refractivity contribution in [2.75, 3.05) is 18.4 Å². The molecule has 0 bridgehead atoms. The number of benzene rings is 2. The van der Waals surface area contributed by atoms with Gasteiger partial charge in [0, 0.05) is 12.0 Å². The summed E-state index contributed by atoms with van der Waals surface area (Å²) in [6, 6.07) is 6.18. The first-order valence-electron chi connectivity index (χ1n) is 8.01. The van der Waals surface area contributed by atoms with Gasteiger partial charge in [0.05, 0.1) is 24.3 Å². The van der Waals surface area contributed by atoms with E-state index in [0.717, 1.165) is 24.1 Å². The van der Waals surface area contributed by atoms with Gasteiger partial charge < -0.3 is 14.2 Å². The van der Waals surface area contributed by atoms with Gasteiger partial charge in [-0.1, -0.05) is 6.07 Å². The fourth-order valence-electron chi connectivity index (χ4n) is 3.22. The van der Waals surface area contributed by atoms with Gasteiger partial charge in [0.1, 0.15) is 22.9 Å². The second-order valence-corrected chi connectivity index (χ2v) is 7.44. The monoisotopic (exact) mass is 379 g/mol. The molecule has 1 aliphatic heterocycles. The Morgan fingerprint density at radius 3 is 2.85 bits per heavy atom. The zero-order chi connectivity index (χ0) is 18.4. The van der Waals surface area contributed by atoms with Crippen molar-refractivity contribution >= 4 is 22.6 Å². The highest BCUT2D eigenvalue weighted by atomic mass is 32.2. The van der Waals surface area contributed by atoms with Crippen LogP contribution in [0.3, 0.4) is 0 Å². The van der Waals surface area contributed by atoms with Gasteiger partial charge in [-0.3, -0.25) is 0 Å². The van der Waals surface area contributed by atoms with Gasteiger partial charge in [0.25, 0.3) is 0 Å². The minimum absolute atomic E-state index is 0.131. The van der Waals surface area contributed by atoms with Gasteiger partial charge in [0.15, 0.2) is 11.0 Å². The number of carbonyl (C=O) groups excluding carboxylic acids is 1. The third kappa shape index (κ3) is 2.84. The summed E-state index contributed by atoms with van der Waals surface area (Å²) >= 11 is 0. The molecule has 0 amide bonds. The van der Waals surface area contributed by atoms with E-state index in [2.05, 4.69) is 4.72 Å². The third-order valence-electron chi connectivity index (χ3n) is 4.64. The van der Waals surface area contributed by atoms with Crippen LogP contribution in [0.1, 0.15) is 28.3 Å². The van der Waals surface area contributed by atoms with Crippen molar-refractivity contribution < 1.29 is 27.3 Å². The Hall–Kier alpha value is -2.48. The topological polar surface area (TPSA) is 64.6 Å². The Morgan fingerprint density at radius 2 is 2.12 bits per heavy atom. The van der Waals surface area contributed by atoms with E-state index in [9.17, 15) is 17.8 Å². The van der Waals surface area contributed by atoms with Crippen molar-refractivity contribution in [3.05, 3.63) is 53.1 Å². The van der Waals surface area contributed by atoms with E-state index in [1.165, 1.54) is 7.11 Å². The van der Waals surface area contributed by atoms with Crippen LogP contribution in [0.15, 0.2) is 35.2 Å². The fraction of sp³-hybridized carbons (Fsp3) is 0.278. The molecule has 1 aliphatic carbocycles. The molecule has 3 unspecified atom stereocenters. The molecular formula is C18H15F2NO4S. The van der Waals surface area contributed by atoms with E-state index >= 15 is 0 Å². The van der Waals surface area contributed by atoms with Crippen LogP contribution in [-0.2, 0) is 15.7 Å². The Morgan fingerprint density at radius 1 is 1.31 bits per heavy atom. The smallest absolute Gasteiger partial charge is 0.343 e. The predicted molar refractivity (Wildman–Crippen MR) is 90.5 cm³/mol. The van der Waals surface area contributed by atoms with Crippen molar-refractivity contribution in [1.82, 2.24) is 0 Å². The molecule has 2 aromatic rings. The molecule has 1 saturated carbocycles. The Labute approximate surface area is 150 Å². The van der Waals surface area contributed by atoms with Crippen molar-refractivity contribution in [3.63, 3.8) is 0 Å². The molecule has 1 N–H and O–H groups in total. The predicted octanol–water partition coefficient (Wildman–Crippen LogP) is 3.38. The number of ether oxygens (including phenoxy) is 2. The molecule has 1 fully saturated rings. The normalized spacial score (nSPS) is 21.0. The first-order valence-corrected chi connectivity index (χ1v) is 9.16. The minimum atomic E-state index is -2.04. The maximum atomic E-state index is 13.9. The summed E-state index contributed by atoms with van der Waals surface area (Å²) in [5, 5.41) is 0. The first kappa shape index (κ1) is 17.0. The molecule has 3 atom stereocenters. The molecule has 26 heavy (non-hydrogen) atoms. The average molecular weight is 379 g/mol. The standard InChI is InChI=1S/C18H15F2NO4S/c1-24-18(22)16-14(4-3-11-12-6-9(12)8-25-17(11)16)21-26(23)15-5-2-10(19)7-13(15)20/h2-5,7,9,12,21H,6,8H2,1H3. The Balaban J connectivity index is 1.72. The Bertz CT molecular complexity index is 934. The molecule has 0 saturated heterocycles. The number of rotatable bonds is 4. The van der Waals surface area contributed by atoms with Crippen LogP contribution in [-0.4, -0.2) is 23.9 Å². The highest BCUT2D eigenvalue weighted by Crippen LogP contribution is 2.55. The van der Waals surface area contributed by atoms with Crippen LogP contribution in [0.4, 0.5) is 14.5 Å². The van der Waals surface area contributed by atoms with Crippen LogP contribution < -0.4 is 9.46 Å². The van der Waals surface area contributed by atoms with Crippen molar-refractivity contribution in [3.8, 4) is 5.75 Å². The quantitative estimate of drug-likeness (QED) is 0.828. The maximum absolute atomic E-state index is 13.9. The SMILES string of the molecule is COC(=O)c1c(NS(=O)c2ccc(F)cc2F)ccc2c1OCC1CC21. The number of anilines is 1. The maximum Gasteiger partial charge on any atom is 0.343 e. The number of methoxy groups -OCH3 is 1. The van der Waals surface area contributed by atoms with Crippen LogP contribution in [0.2, 0.25) is 0 Å². The molecule has 2 aliphatic rings. The van der Waals surface area contributed by atoms with Gasteiger partial charge in [-0.25, -0.2) is 17.8 Å². The molecule has 4 rings (SSSR count). The summed E-state index contributed by atoms with van der Waals surface area (Å²) in [5.74, 6) is -1.10. The molecule has 2 aromatic carbocycles. The van der Waals surface area contributed by atoms with E-state index in [1.54, 1.807) is 6.07 Å². The summed E-state index contributed by atoms with van der Waals surface area (Å²) in [6.45, 7) is 0.515. The highest BCUT2D eigenvalue weighted by Gasteiger charge is 2.45. The lowest BCUT2D eigenvalue weighted by molar-refractivity contribution is 0.0596.